The lowest BCUT2D eigenvalue weighted by Crippen LogP contribution is -2.37. The highest BCUT2D eigenvalue weighted by atomic mass is 16.5. The second kappa shape index (κ2) is 23.5. The van der Waals surface area contributed by atoms with Crippen molar-refractivity contribution in [1.82, 2.24) is 5.32 Å². The Balaban J connectivity index is 0. The fourth-order valence-corrected chi connectivity index (χ4v) is 2.96. The van der Waals surface area contributed by atoms with E-state index in [0.29, 0.717) is 19.5 Å². The van der Waals surface area contributed by atoms with E-state index < -0.39 is 11.8 Å². The summed E-state index contributed by atoms with van der Waals surface area (Å²) in [5.74, 6) is -4.10. The van der Waals surface area contributed by atoms with Crippen molar-refractivity contribution in [3.63, 3.8) is 0 Å². The Morgan fingerprint density at radius 3 is 1.34 bits per heavy atom. The van der Waals surface area contributed by atoms with E-state index in [1.165, 1.54) is 64.2 Å². The first-order valence-corrected chi connectivity index (χ1v) is 11.5. The highest BCUT2D eigenvalue weighted by molar-refractivity contribution is 5.74. The molecule has 7 nitrogen and oxygen atoms in total. The standard InChI is InChI=1S/C18H36O4.C4H11NO2/c1-2-3-4-5-6-7-8-9-10-11-12-13-14-15-16-18(21,22)17(19)20;6-3-1-5-2-4-7/h21-22H,2-16H2,1H3,(H,19,20);5-7H,1-4H2. The average molecular weight is 422 g/mol. The fraction of sp³-hybridized carbons (Fsp3) is 0.955. The molecular formula is C22H47NO6. The van der Waals surface area contributed by atoms with Gasteiger partial charge in [-0.05, 0) is 6.42 Å². The largest absolute Gasteiger partial charge is 0.477 e. The molecule has 0 aromatic heterocycles. The minimum absolute atomic E-state index is 0.0830. The molecule has 0 aliphatic rings. The summed E-state index contributed by atoms with van der Waals surface area (Å²) in [6, 6.07) is 0. The first-order chi connectivity index (χ1) is 13.9. The van der Waals surface area contributed by atoms with Gasteiger partial charge in [0.25, 0.3) is 5.79 Å². The minimum Gasteiger partial charge on any atom is -0.477 e. The van der Waals surface area contributed by atoms with Crippen LogP contribution in [0.4, 0.5) is 0 Å². The van der Waals surface area contributed by atoms with Crippen LogP contribution in [-0.4, -0.2) is 63.6 Å². The molecule has 0 heterocycles. The third-order valence-corrected chi connectivity index (χ3v) is 4.80. The molecule has 0 radical (unpaired) electrons. The number of unbranched alkanes of at least 4 members (excludes halogenated alkanes) is 13. The highest BCUT2D eigenvalue weighted by Crippen LogP contribution is 2.15. The van der Waals surface area contributed by atoms with Crippen molar-refractivity contribution in [2.45, 2.75) is 109 Å². The average Bonchev–Trinajstić information content (AvgIpc) is 2.69. The van der Waals surface area contributed by atoms with Gasteiger partial charge in [0.15, 0.2) is 0 Å². The molecule has 0 unspecified atom stereocenters. The van der Waals surface area contributed by atoms with Crippen molar-refractivity contribution in [2.24, 2.45) is 0 Å². The normalized spacial score (nSPS) is 11.2. The smallest absolute Gasteiger partial charge is 0.364 e. The zero-order valence-electron chi connectivity index (χ0n) is 18.6. The van der Waals surface area contributed by atoms with E-state index in [1.807, 2.05) is 0 Å². The van der Waals surface area contributed by atoms with Gasteiger partial charge in [-0.15, -0.1) is 0 Å². The molecule has 0 aromatic rings. The number of carboxylic acid groups (broad SMARTS) is 1. The molecule has 0 amide bonds. The molecule has 0 bridgehead atoms. The Morgan fingerprint density at radius 2 is 1.03 bits per heavy atom. The van der Waals surface area contributed by atoms with Crippen LogP contribution < -0.4 is 5.32 Å². The maximum atomic E-state index is 10.5. The monoisotopic (exact) mass is 421 g/mol. The van der Waals surface area contributed by atoms with Crippen LogP contribution in [0.15, 0.2) is 0 Å². The Bertz CT molecular complexity index is 335. The predicted octanol–water partition coefficient (Wildman–Crippen LogP) is 3.18. The van der Waals surface area contributed by atoms with E-state index in [4.69, 9.17) is 25.5 Å². The van der Waals surface area contributed by atoms with Crippen LogP contribution in [0.1, 0.15) is 103 Å². The topological polar surface area (TPSA) is 130 Å². The first kappa shape index (κ1) is 30.5. The summed E-state index contributed by atoms with van der Waals surface area (Å²) in [4.78, 5) is 10.5. The fourth-order valence-electron chi connectivity index (χ4n) is 2.96. The van der Waals surface area contributed by atoms with Gasteiger partial charge < -0.3 is 30.8 Å². The number of hydrogen-bond acceptors (Lipinski definition) is 6. The van der Waals surface area contributed by atoms with Gasteiger partial charge in [0.2, 0.25) is 0 Å². The summed E-state index contributed by atoms with van der Waals surface area (Å²) < 4.78 is 0. The number of aliphatic hydroxyl groups excluding tert-OH is 2. The number of carboxylic acids is 1. The highest BCUT2D eigenvalue weighted by Gasteiger charge is 2.31. The molecule has 0 saturated carbocycles. The summed E-state index contributed by atoms with van der Waals surface area (Å²) in [7, 11) is 0. The molecule has 0 aliphatic heterocycles. The quantitative estimate of drug-likeness (QED) is 0.131. The summed E-state index contributed by atoms with van der Waals surface area (Å²) in [5.41, 5.74) is 0. The van der Waals surface area contributed by atoms with Gasteiger partial charge in [0.05, 0.1) is 13.2 Å². The van der Waals surface area contributed by atoms with Crippen molar-refractivity contribution in [2.75, 3.05) is 26.3 Å². The predicted molar refractivity (Wildman–Crippen MR) is 117 cm³/mol. The van der Waals surface area contributed by atoms with Gasteiger partial charge in [0.1, 0.15) is 0 Å². The molecule has 0 aliphatic carbocycles. The van der Waals surface area contributed by atoms with E-state index in [0.717, 1.165) is 19.3 Å². The van der Waals surface area contributed by atoms with Gasteiger partial charge in [0, 0.05) is 19.5 Å². The van der Waals surface area contributed by atoms with Gasteiger partial charge in [-0.3, -0.25) is 0 Å². The van der Waals surface area contributed by atoms with Crippen molar-refractivity contribution in [1.29, 1.82) is 0 Å². The molecule has 0 fully saturated rings. The Morgan fingerprint density at radius 1 is 0.690 bits per heavy atom. The molecule has 176 valence electrons. The Hall–Kier alpha value is -0.730. The van der Waals surface area contributed by atoms with E-state index in [1.54, 1.807) is 0 Å². The summed E-state index contributed by atoms with van der Waals surface area (Å²) in [5, 5.41) is 45.9. The van der Waals surface area contributed by atoms with E-state index in [2.05, 4.69) is 12.2 Å². The molecule has 7 heteroatoms. The maximum Gasteiger partial charge on any atom is 0.364 e. The van der Waals surface area contributed by atoms with E-state index in [9.17, 15) is 4.79 Å². The van der Waals surface area contributed by atoms with Crippen molar-refractivity contribution in [3.05, 3.63) is 0 Å². The molecule has 0 saturated heterocycles. The second-order valence-electron chi connectivity index (χ2n) is 7.67. The van der Waals surface area contributed by atoms with E-state index >= 15 is 0 Å². The van der Waals surface area contributed by atoms with Crippen LogP contribution in [0.2, 0.25) is 0 Å². The zero-order valence-corrected chi connectivity index (χ0v) is 18.6. The molecule has 29 heavy (non-hydrogen) atoms. The van der Waals surface area contributed by atoms with Crippen LogP contribution in [-0.2, 0) is 4.79 Å². The van der Waals surface area contributed by atoms with Gasteiger partial charge in [-0.25, -0.2) is 4.79 Å². The lowest BCUT2D eigenvalue weighted by Gasteiger charge is -2.15. The van der Waals surface area contributed by atoms with Crippen LogP contribution in [0.3, 0.4) is 0 Å². The minimum atomic E-state index is -2.54. The lowest BCUT2D eigenvalue weighted by atomic mass is 10.0. The molecular weight excluding hydrogens is 374 g/mol. The molecule has 0 spiro atoms. The third-order valence-electron chi connectivity index (χ3n) is 4.80. The Labute approximate surface area is 177 Å². The lowest BCUT2D eigenvalue weighted by molar-refractivity contribution is -0.205. The second-order valence-corrected chi connectivity index (χ2v) is 7.67. The van der Waals surface area contributed by atoms with Gasteiger partial charge in [-0.2, -0.15) is 0 Å². The van der Waals surface area contributed by atoms with Crippen molar-refractivity contribution in [3.8, 4) is 0 Å². The third kappa shape index (κ3) is 25.2. The van der Waals surface area contributed by atoms with Crippen LogP contribution in [0.25, 0.3) is 0 Å². The molecule has 0 atom stereocenters. The molecule has 0 rings (SSSR count). The molecule has 6 N–H and O–H groups in total. The van der Waals surface area contributed by atoms with Gasteiger partial charge in [-0.1, -0.05) is 90.4 Å². The van der Waals surface area contributed by atoms with Crippen molar-refractivity contribution < 1.29 is 30.3 Å². The zero-order chi connectivity index (χ0) is 22.2. The van der Waals surface area contributed by atoms with Crippen LogP contribution in [0, 0.1) is 0 Å². The number of hydrogen-bond donors (Lipinski definition) is 6. The van der Waals surface area contributed by atoms with Crippen molar-refractivity contribution >= 4 is 5.97 Å². The van der Waals surface area contributed by atoms with Crippen LogP contribution in [0.5, 0.6) is 0 Å². The number of rotatable bonds is 20. The maximum absolute atomic E-state index is 10.5. The van der Waals surface area contributed by atoms with Crippen LogP contribution >= 0.6 is 0 Å². The molecule has 0 aromatic carbocycles. The summed E-state index contributed by atoms with van der Waals surface area (Å²) in [6.07, 6.45) is 17.0. The Kier molecular flexibility index (Phi) is 24.7. The number of carbonyl (C=O) groups is 1. The summed E-state index contributed by atoms with van der Waals surface area (Å²) in [6.45, 7) is 3.66. The van der Waals surface area contributed by atoms with E-state index in [-0.39, 0.29) is 19.6 Å². The number of aliphatic carboxylic acids is 1. The SMILES string of the molecule is CCCCCCCCCCCCCCCCC(O)(O)C(=O)O.OCCNCCO. The number of aliphatic hydroxyl groups is 4. The summed E-state index contributed by atoms with van der Waals surface area (Å²) >= 11 is 0. The van der Waals surface area contributed by atoms with Gasteiger partial charge >= 0.3 is 5.97 Å². The number of nitrogens with one attached hydrogen (secondary N) is 1. The first-order valence-electron chi connectivity index (χ1n) is 11.5.